The second kappa shape index (κ2) is 6.23. The first-order valence-electron chi connectivity index (χ1n) is 5.18. The maximum absolute atomic E-state index is 11.7. The van der Waals surface area contributed by atoms with Crippen molar-refractivity contribution in [3.8, 4) is 5.75 Å². The third-order valence-electron chi connectivity index (χ3n) is 2.09. The molecule has 0 fully saturated rings. The van der Waals surface area contributed by atoms with E-state index in [1.165, 1.54) is 0 Å². The fourth-order valence-electron chi connectivity index (χ4n) is 1.28. The quantitative estimate of drug-likeness (QED) is 0.609. The van der Waals surface area contributed by atoms with Crippen LogP contribution in [0.1, 0.15) is 30.1 Å². The van der Waals surface area contributed by atoms with Crippen LogP contribution >= 0.6 is 12.2 Å². The van der Waals surface area contributed by atoms with Gasteiger partial charge in [0.1, 0.15) is 5.75 Å². The summed E-state index contributed by atoms with van der Waals surface area (Å²) in [5, 5.41) is 0. The summed E-state index contributed by atoms with van der Waals surface area (Å²) in [7, 11) is 0. The summed E-state index contributed by atoms with van der Waals surface area (Å²) in [5.74, 6) is 0.823. The maximum Gasteiger partial charge on any atom is 0.163 e. The molecule has 0 atom stereocenters. The van der Waals surface area contributed by atoms with E-state index in [0.717, 1.165) is 5.75 Å². The number of ketones is 1. The minimum Gasteiger partial charge on any atom is -0.494 e. The summed E-state index contributed by atoms with van der Waals surface area (Å²) in [5.41, 5.74) is 6.01. The van der Waals surface area contributed by atoms with E-state index in [2.05, 4.69) is 0 Å². The zero-order valence-electron chi connectivity index (χ0n) is 9.23. The van der Waals surface area contributed by atoms with E-state index >= 15 is 0 Å². The van der Waals surface area contributed by atoms with Crippen molar-refractivity contribution in [2.75, 3.05) is 6.61 Å². The number of hydrogen-bond acceptors (Lipinski definition) is 3. The van der Waals surface area contributed by atoms with Crippen molar-refractivity contribution >= 4 is 23.0 Å². The standard InChI is InChI=1S/C12H15NO2S/c1-2-15-10-5-3-9(4-6-10)11(14)7-8-12(13)16/h3-6H,2,7-8H2,1H3,(H2,13,16). The Labute approximate surface area is 101 Å². The monoisotopic (exact) mass is 237 g/mol. The summed E-state index contributed by atoms with van der Waals surface area (Å²) in [6.07, 6.45) is 0.824. The molecule has 0 heterocycles. The number of thiocarbonyl (C=S) groups is 1. The van der Waals surface area contributed by atoms with Gasteiger partial charge in [-0.2, -0.15) is 0 Å². The molecule has 16 heavy (non-hydrogen) atoms. The molecular weight excluding hydrogens is 222 g/mol. The predicted molar refractivity (Wildman–Crippen MR) is 68.0 cm³/mol. The van der Waals surface area contributed by atoms with Crippen LogP contribution in [0, 0.1) is 0 Å². The van der Waals surface area contributed by atoms with E-state index in [1.807, 2.05) is 6.92 Å². The van der Waals surface area contributed by atoms with Crippen LogP contribution in [0.15, 0.2) is 24.3 Å². The zero-order chi connectivity index (χ0) is 12.0. The Hall–Kier alpha value is -1.42. The van der Waals surface area contributed by atoms with Crippen LogP contribution in [0.25, 0.3) is 0 Å². The van der Waals surface area contributed by atoms with Crippen molar-refractivity contribution in [3.63, 3.8) is 0 Å². The van der Waals surface area contributed by atoms with Crippen LogP contribution in [0.3, 0.4) is 0 Å². The van der Waals surface area contributed by atoms with Crippen LogP contribution in [0.4, 0.5) is 0 Å². The van der Waals surface area contributed by atoms with Crippen molar-refractivity contribution in [2.45, 2.75) is 19.8 Å². The van der Waals surface area contributed by atoms with E-state index in [1.54, 1.807) is 24.3 Å². The SMILES string of the molecule is CCOc1ccc(C(=O)CCC(N)=S)cc1. The van der Waals surface area contributed by atoms with Crippen LogP contribution < -0.4 is 10.5 Å². The Balaban J connectivity index is 2.59. The molecule has 1 aromatic rings. The van der Waals surface area contributed by atoms with Crippen LogP contribution in [0.2, 0.25) is 0 Å². The lowest BCUT2D eigenvalue weighted by Gasteiger charge is -2.04. The minimum atomic E-state index is 0.0517. The second-order valence-corrected chi connectivity index (χ2v) is 3.87. The van der Waals surface area contributed by atoms with Crippen molar-refractivity contribution < 1.29 is 9.53 Å². The molecule has 0 aliphatic rings. The first kappa shape index (κ1) is 12.6. The number of Topliss-reactive ketones (excluding diaryl/α,β-unsaturated/α-hetero) is 1. The van der Waals surface area contributed by atoms with Gasteiger partial charge in [-0.1, -0.05) is 12.2 Å². The molecule has 4 heteroatoms. The Morgan fingerprint density at radius 3 is 2.44 bits per heavy atom. The van der Waals surface area contributed by atoms with E-state index in [9.17, 15) is 4.79 Å². The van der Waals surface area contributed by atoms with Gasteiger partial charge in [0.15, 0.2) is 5.78 Å². The maximum atomic E-state index is 11.7. The van der Waals surface area contributed by atoms with Gasteiger partial charge in [0.25, 0.3) is 0 Å². The molecule has 0 bridgehead atoms. The van der Waals surface area contributed by atoms with Gasteiger partial charge >= 0.3 is 0 Å². The van der Waals surface area contributed by atoms with Gasteiger partial charge in [0.2, 0.25) is 0 Å². The largest absolute Gasteiger partial charge is 0.494 e. The lowest BCUT2D eigenvalue weighted by Crippen LogP contribution is -2.10. The van der Waals surface area contributed by atoms with E-state index in [0.29, 0.717) is 30.0 Å². The molecule has 1 rings (SSSR count). The molecule has 0 radical (unpaired) electrons. The molecule has 0 aliphatic heterocycles. The topological polar surface area (TPSA) is 52.3 Å². The number of carbonyl (C=O) groups is 1. The number of carbonyl (C=O) groups excluding carboxylic acids is 1. The van der Waals surface area contributed by atoms with E-state index in [4.69, 9.17) is 22.7 Å². The van der Waals surface area contributed by atoms with Crippen LogP contribution in [-0.2, 0) is 0 Å². The third kappa shape index (κ3) is 3.98. The van der Waals surface area contributed by atoms with E-state index in [-0.39, 0.29) is 5.78 Å². The number of ether oxygens (including phenoxy) is 1. The van der Waals surface area contributed by atoms with Gasteiger partial charge in [-0.15, -0.1) is 0 Å². The Bertz CT molecular complexity index is 373. The summed E-state index contributed by atoms with van der Waals surface area (Å²) in [6, 6.07) is 7.09. The normalized spacial score (nSPS) is 9.81. The molecule has 0 aliphatic carbocycles. The van der Waals surface area contributed by atoms with Crippen molar-refractivity contribution in [1.29, 1.82) is 0 Å². The first-order valence-corrected chi connectivity index (χ1v) is 5.58. The Kier molecular flexibility index (Phi) is 4.92. The average Bonchev–Trinajstić information content (AvgIpc) is 2.27. The molecule has 0 spiro atoms. The number of rotatable bonds is 6. The van der Waals surface area contributed by atoms with Crippen LogP contribution in [0.5, 0.6) is 5.75 Å². The number of benzene rings is 1. The highest BCUT2D eigenvalue weighted by Gasteiger charge is 2.06. The molecule has 0 saturated heterocycles. The van der Waals surface area contributed by atoms with Crippen molar-refractivity contribution in [3.05, 3.63) is 29.8 Å². The van der Waals surface area contributed by atoms with Gasteiger partial charge in [-0.25, -0.2) is 0 Å². The fourth-order valence-corrected chi connectivity index (χ4v) is 1.39. The van der Waals surface area contributed by atoms with Crippen LogP contribution in [-0.4, -0.2) is 17.4 Å². The highest BCUT2D eigenvalue weighted by Crippen LogP contribution is 2.13. The van der Waals surface area contributed by atoms with Crippen molar-refractivity contribution in [2.24, 2.45) is 5.73 Å². The highest BCUT2D eigenvalue weighted by atomic mass is 32.1. The average molecular weight is 237 g/mol. The number of hydrogen-bond donors (Lipinski definition) is 1. The van der Waals surface area contributed by atoms with Gasteiger partial charge < -0.3 is 10.5 Å². The number of nitrogens with two attached hydrogens (primary N) is 1. The lowest BCUT2D eigenvalue weighted by atomic mass is 10.1. The predicted octanol–water partition coefficient (Wildman–Crippen LogP) is 2.33. The summed E-state index contributed by atoms with van der Waals surface area (Å²) in [6.45, 7) is 2.54. The molecule has 0 aromatic heterocycles. The molecule has 0 amide bonds. The first-order chi connectivity index (χ1) is 7.63. The Morgan fingerprint density at radius 1 is 1.31 bits per heavy atom. The molecule has 0 saturated carbocycles. The highest BCUT2D eigenvalue weighted by molar-refractivity contribution is 7.80. The summed E-state index contributed by atoms with van der Waals surface area (Å²) < 4.78 is 5.29. The third-order valence-corrected chi connectivity index (χ3v) is 2.29. The second-order valence-electron chi connectivity index (χ2n) is 3.35. The summed E-state index contributed by atoms with van der Waals surface area (Å²) in [4.78, 5) is 12.0. The minimum absolute atomic E-state index is 0.0517. The molecule has 0 unspecified atom stereocenters. The lowest BCUT2D eigenvalue weighted by molar-refractivity contribution is 0.0985. The summed E-state index contributed by atoms with van der Waals surface area (Å²) >= 11 is 4.72. The molecular formula is C12H15NO2S. The molecule has 86 valence electrons. The zero-order valence-corrected chi connectivity index (χ0v) is 10.0. The van der Waals surface area contributed by atoms with Crippen molar-refractivity contribution in [1.82, 2.24) is 0 Å². The molecule has 3 nitrogen and oxygen atoms in total. The fraction of sp³-hybridized carbons (Fsp3) is 0.333. The molecule has 1 aromatic carbocycles. The van der Waals surface area contributed by atoms with Gasteiger partial charge in [0.05, 0.1) is 11.6 Å². The smallest absolute Gasteiger partial charge is 0.163 e. The van der Waals surface area contributed by atoms with Gasteiger partial charge in [-0.05, 0) is 31.2 Å². The van der Waals surface area contributed by atoms with E-state index < -0.39 is 0 Å². The Morgan fingerprint density at radius 2 is 1.94 bits per heavy atom. The molecule has 2 N–H and O–H groups in total. The van der Waals surface area contributed by atoms with Gasteiger partial charge in [-0.3, -0.25) is 4.79 Å². The van der Waals surface area contributed by atoms with Gasteiger partial charge in [0, 0.05) is 18.4 Å².